The number of aromatic nitrogens is 4. The Labute approximate surface area is 87.5 Å². The molecular weight excluding hydrogens is 190 g/mol. The number of nitrogens with one attached hydrogen (secondary N) is 1. The van der Waals surface area contributed by atoms with Crippen LogP contribution in [0, 0.1) is 0 Å². The van der Waals surface area contributed by atoms with Crippen LogP contribution < -0.4 is 5.32 Å². The molecule has 1 unspecified atom stereocenters. The largest absolute Gasteiger partial charge is 0.316 e. The summed E-state index contributed by atoms with van der Waals surface area (Å²) in [6, 6.07) is 2.04. The third kappa shape index (κ3) is 1.48. The summed E-state index contributed by atoms with van der Waals surface area (Å²) < 4.78 is 1.84. The van der Waals surface area contributed by atoms with Crippen LogP contribution in [0.15, 0.2) is 18.6 Å². The molecule has 5 heteroatoms. The highest BCUT2D eigenvalue weighted by atomic mass is 15.3. The van der Waals surface area contributed by atoms with Gasteiger partial charge < -0.3 is 5.32 Å². The van der Waals surface area contributed by atoms with Crippen LogP contribution >= 0.6 is 0 Å². The van der Waals surface area contributed by atoms with Crippen molar-refractivity contribution >= 4 is 5.78 Å². The van der Waals surface area contributed by atoms with Crippen molar-refractivity contribution in [2.45, 2.75) is 18.8 Å². The molecule has 1 aliphatic heterocycles. The molecule has 2 aromatic heterocycles. The summed E-state index contributed by atoms with van der Waals surface area (Å²) in [4.78, 5) is 8.26. The summed E-state index contributed by atoms with van der Waals surface area (Å²) in [5.74, 6) is 1.23. The minimum absolute atomic E-state index is 0.533. The topological polar surface area (TPSA) is 55.1 Å². The second kappa shape index (κ2) is 3.58. The van der Waals surface area contributed by atoms with Crippen molar-refractivity contribution in [2.75, 3.05) is 13.1 Å². The Morgan fingerprint density at radius 3 is 3.27 bits per heavy atom. The Kier molecular flexibility index (Phi) is 2.10. The van der Waals surface area contributed by atoms with Gasteiger partial charge in [-0.15, -0.1) is 0 Å². The van der Waals surface area contributed by atoms with Crippen LogP contribution in [-0.4, -0.2) is 32.7 Å². The average molecular weight is 203 g/mol. The van der Waals surface area contributed by atoms with Crippen LogP contribution in [0.1, 0.15) is 24.5 Å². The minimum Gasteiger partial charge on any atom is -0.316 e. The molecule has 3 heterocycles. The van der Waals surface area contributed by atoms with Gasteiger partial charge in [-0.2, -0.15) is 10.1 Å². The molecule has 3 rings (SSSR count). The predicted molar refractivity (Wildman–Crippen MR) is 55.6 cm³/mol. The number of piperidine rings is 1. The average Bonchev–Trinajstić information content (AvgIpc) is 2.78. The molecule has 1 saturated heterocycles. The van der Waals surface area contributed by atoms with Crippen molar-refractivity contribution in [1.82, 2.24) is 24.9 Å². The van der Waals surface area contributed by atoms with Gasteiger partial charge in [0.1, 0.15) is 6.33 Å². The molecule has 0 radical (unpaired) electrons. The Bertz CT molecular complexity index is 458. The van der Waals surface area contributed by atoms with E-state index in [0.717, 1.165) is 13.1 Å². The SMILES string of the molecule is c1cc(C2CCCNC2)n2ncnc2n1. The molecule has 15 heavy (non-hydrogen) atoms. The summed E-state index contributed by atoms with van der Waals surface area (Å²) in [5.41, 5.74) is 1.21. The summed E-state index contributed by atoms with van der Waals surface area (Å²) in [6.07, 6.45) is 5.81. The summed E-state index contributed by atoms with van der Waals surface area (Å²) in [5, 5.41) is 7.62. The van der Waals surface area contributed by atoms with Crippen molar-refractivity contribution in [3.63, 3.8) is 0 Å². The second-order valence-electron chi connectivity index (χ2n) is 3.88. The lowest BCUT2D eigenvalue weighted by Crippen LogP contribution is -2.29. The zero-order chi connectivity index (χ0) is 10.1. The number of fused-ring (bicyclic) bond motifs is 1. The molecule has 78 valence electrons. The van der Waals surface area contributed by atoms with Gasteiger partial charge in [-0.3, -0.25) is 0 Å². The van der Waals surface area contributed by atoms with E-state index in [0.29, 0.717) is 11.7 Å². The first-order valence-corrected chi connectivity index (χ1v) is 5.30. The molecule has 1 aliphatic rings. The third-order valence-corrected chi connectivity index (χ3v) is 2.92. The fourth-order valence-corrected chi connectivity index (χ4v) is 2.17. The van der Waals surface area contributed by atoms with Crippen molar-refractivity contribution < 1.29 is 0 Å². The molecule has 0 bridgehead atoms. The Morgan fingerprint density at radius 2 is 2.40 bits per heavy atom. The van der Waals surface area contributed by atoms with Crippen LogP contribution in [0.4, 0.5) is 0 Å². The van der Waals surface area contributed by atoms with Gasteiger partial charge in [0.2, 0.25) is 0 Å². The lowest BCUT2D eigenvalue weighted by atomic mass is 9.96. The van der Waals surface area contributed by atoms with Gasteiger partial charge in [0.05, 0.1) is 5.69 Å². The minimum atomic E-state index is 0.533. The molecular formula is C10H13N5. The van der Waals surface area contributed by atoms with Gasteiger partial charge in [-0.1, -0.05) is 0 Å². The van der Waals surface area contributed by atoms with Crippen LogP contribution in [-0.2, 0) is 0 Å². The van der Waals surface area contributed by atoms with Gasteiger partial charge in [0, 0.05) is 18.7 Å². The monoisotopic (exact) mass is 203 g/mol. The van der Waals surface area contributed by atoms with E-state index in [4.69, 9.17) is 0 Å². The summed E-state index contributed by atoms with van der Waals surface area (Å²) >= 11 is 0. The molecule has 0 aliphatic carbocycles. The highest BCUT2D eigenvalue weighted by molar-refractivity contribution is 5.28. The Morgan fingerprint density at radius 1 is 1.40 bits per heavy atom. The van der Waals surface area contributed by atoms with Crippen molar-refractivity contribution in [3.05, 3.63) is 24.3 Å². The van der Waals surface area contributed by atoms with Gasteiger partial charge in [0.25, 0.3) is 5.78 Å². The van der Waals surface area contributed by atoms with Crippen LogP contribution in [0.5, 0.6) is 0 Å². The number of nitrogens with zero attached hydrogens (tertiary/aromatic N) is 4. The van der Waals surface area contributed by atoms with Crippen molar-refractivity contribution in [1.29, 1.82) is 0 Å². The normalized spacial score (nSPS) is 22.0. The van der Waals surface area contributed by atoms with E-state index in [9.17, 15) is 0 Å². The lowest BCUT2D eigenvalue weighted by molar-refractivity contribution is 0.448. The number of rotatable bonds is 1. The van der Waals surface area contributed by atoms with Gasteiger partial charge in [-0.05, 0) is 25.5 Å². The second-order valence-corrected chi connectivity index (χ2v) is 3.88. The van der Waals surface area contributed by atoms with Crippen molar-refractivity contribution in [3.8, 4) is 0 Å². The molecule has 1 fully saturated rings. The first-order valence-electron chi connectivity index (χ1n) is 5.30. The Hall–Kier alpha value is -1.49. The zero-order valence-corrected chi connectivity index (χ0v) is 8.43. The molecule has 0 saturated carbocycles. The maximum absolute atomic E-state index is 4.21. The first-order chi connectivity index (χ1) is 7.45. The van der Waals surface area contributed by atoms with Crippen molar-refractivity contribution in [2.24, 2.45) is 0 Å². The summed E-state index contributed by atoms with van der Waals surface area (Å²) in [6.45, 7) is 2.15. The quantitative estimate of drug-likeness (QED) is 0.737. The van der Waals surface area contributed by atoms with E-state index in [-0.39, 0.29) is 0 Å². The Balaban J connectivity index is 2.05. The molecule has 0 amide bonds. The number of hydrogen-bond acceptors (Lipinski definition) is 4. The smallest absolute Gasteiger partial charge is 0.252 e. The molecule has 5 nitrogen and oxygen atoms in total. The van der Waals surface area contributed by atoms with E-state index in [1.807, 2.05) is 16.8 Å². The van der Waals surface area contributed by atoms with E-state index >= 15 is 0 Å². The zero-order valence-electron chi connectivity index (χ0n) is 8.43. The highest BCUT2D eigenvalue weighted by Crippen LogP contribution is 2.22. The van der Waals surface area contributed by atoms with E-state index in [2.05, 4.69) is 20.4 Å². The standard InChI is InChI=1S/C10H13N5/c1-2-8(6-11-4-1)9-3-5-12-10-13-7-14-15(9)10/h3,5,7-8,11H,1-2,4,6H2. The number of hydrogen-bond donors (Lipinski definition) is 1. The van der Waals surface area contributed by atoms with Gasteiger partial charge in [0.15, 0.2) is 0 Å². The van der Waals surface area contributed by atoms with E-state index in [1.165, 1.54) is 18.5 Å². The first kappa shape index (κ1) is 8.79. The van der Waals surface area contributed by atoms with E-state index in [1.54, 1.807) is 6.33 Å². The maximum Gasteiger partial charge on any atom is 0.252 e. The predicted octanol–water partition coefficient (Wildman–Crippen LogP) is 0.591. The highest BCUT2D eigenvalue weighted by Gasteiger charge is 2.18. The fourth-order valence-electron chi connectivity index (χ4n) is 2.17. The molecule has 0 aromatic carbocycles. The molecule has 0 spiro atoms. The van der Waals surface area contributed by atoms with Crippen LogP contribution in [0.3, 0.4) is 0 Å². The molecule has 1 N–H and O–H groups in total. The molecule has 1 atom stereocenters. The van der Waals surface area contributed by atoms with Gasteiger partial charge in [-0.25, -0.2) is 9.50 Å². The van der Waals surface area contributed by atoms with Crippen LogP contribution in [0.25, 0.3) is 5.78 Å². The van der Waals surface area contributed by atoms with E-state index < -0.39 is 0 Å². The lowest BCUT2D eigenvalue weighted by Gasteiger charge is -2.22. The summed E-state index contributed by atoms with van der Waals surface area (Å²) in [7, 11) is 0. The fraction of sp³-hybridized carbons (Fsp3) is 0.500. The molecule has 2 aromatic rings. The maximum atomic E-state index is 4.21. The van der Waals surface area contributed by atoms with Crippen LogP contribution in [0.2, 0.25) is 0 Å². The van der Waals surface area contributed by atoms with Gasteiger partial charge >= 0.3 is 0 Å². The third-order valence-electron chi connectivity index (χ3n) is 2.92.